The van der Waals surface area contributed by atoms with Gasteiger partial charge in [0.25, 0.3) is 0 Å². The molecule has 3 aromatic heterocycles. The lowest BCUT2D eigenvalue weighted by Gasteiger charge is -2.10. The number of fused-ring (bicyclic) bond motifs is 3. The number of ether oxygens (including phenoxy) is 1. The van der Waals surface area contributed by atoms with Gasteiger partial charge in [0.1, 0.15) is 22.9 Å². The average molecular weight is 334 g/mol. The molecule has 124 valence electrons. The molecule has 0 saturated carbocycles. The summed E-state index contributed by atoms with van der Waals surface area (Å²) in [6.45, 7) is 0. The zero-order valence-electron chi connectivity index (χ0n) is 13.3. The van der Waals surface area contributed by atoms with Crippen molar-refractivity contribution in [1.82, 2.24) is 15.0 Å². The van der Waals surface area contributed by atoms with Gasteiger partial charge in [0, 0.05) is 40.3 Å². The normalized spacial score (nSPS) is 10.9. The fraction of sp³-hybridized carbons (Fsp3) is 0.0556. The molecule has 0 aliphatic rings. The molecule has 3 N–H and O–H groups in total. The first-order chi connectivity index (χ1) is 12.2. The van der Waals surface area contributed by atoms with E-state index in [-0.39, 0.29) is 5.69 Å². The van der Waals surface area contributed by atoms with Crippen molar-refractivity contribution < 1.29 is 14.6 Å². The van der Waals surface area contributed by atoms with Crippen LogP contribution >= 0.6 is 0 Å². The number of carboxylic acids is 1. The maximum Gasteiger partial charge on any atom is 0.352 e. The lowest BCUT2D eigenvalue weighted by Crippen LogP contribution is -1.97. The van der Waals surface area contributed by atoms with Crippen LogP contribution in [0, 0.1) is 0 Å². The number of hydrogen-bond acceptors (Lipinski definition) is 5. The van der Waals surface area contributed by atoms with Gasteiger partial charge in [-0.3, -0.25) is 4.98 Å². The van der Waals surface area contributed by atoms with E-state index in [1.54, 1.807) is 25.6 Å². The van der Waals surface area contributed by atoms with Crippen molar-refractivity contribution in [3.05, 3.63) is 54.5 Å². The first-order valence-corrected chi connectivity index (χ1v) is 7.56. The summed E-state index contributed by atoms with van der Waals surface area (Å²) in [6, 6.07) is 10.9. The number of nitrogens with one attached hydrogen (secondary N) is 2. The summed E-state index contributed by atoms with van der Waals surface area (Å²) in [5.41, 5.74) is 1.39. The highest BCUT2D eigenvalue weighted by Gasteiger charge is 2.14. The van der Waals surface area contributed by atoms with E-state index < -0.39 is 5.97 Å². The number of carbonyl (C=O) groups is 1. The number of hydrogen-bond donors (Lipinski definition) is 3. The third-order valence-electron chi connectivity index (χ3n) is 3.95. The molecule has 7 nitrogen and oxygen atoms in total. The molecule has 0 aliphatic heterocycles. The smallest absolute Gasteiger partial charge is 0.352 e. The number of H-pyrrole nitrogens is 1. The Morgan fingerprint density at radius 1 is 1.20 bits per heavy atom. The van der Waals surface area contributed by atoms with Crippen LogP contribution in [0.2, 0.25) is 0 Å². The zero-order valence-corrected chi connectivity index (χ0v) is 13.3. The number of pyridine rings is 2. The Labute approximate surface area is 142 Å². The fourth-order valence-electron chi connectivity index (χ4n) is 2.77. The third-order valence-corrected chi connectivity index (χ3v) is 3.95. The molecule has 0 radical (unpaired) electrons. The Kier molecular flexibility index (Phi) is 3.46. The number of anilines is 2. The van der Waals surface area contributed by atoms with Gasteiger partial charge in [-0.2, -0.15) is 0 Å². The Morgan fingerprint density at radius 3 is 2.88 bits per heavy atom. The van der Waals surface area contributed by atoms with Gasteiger partial charge in [-0.1, -0.05) is 6.07 Å². The van der Waals surface area contributed by atoms with E-state index in [0.717, 1.165) is 27.6 Å². The number of aromatic carboxylic acids is 1. The first kappa shape index (κ1) is 14.9. The second-order valence-electron chi connectivity index (χ2n) is 5.49. The lowest BCUT2D eigenvalue weighted by molar-refractivity contribution is 0.0691. The van der Waals surface area contributed by atoms with Crippen molar-refractivity contribution in [2.75, 3.05) is 12.4 Å². The van der Waals surface area contributed by atoms with Crippen molar-refractivity contribution in [3.63, 3.8) is 0 Å². The standard InChI is InChI=1S/C18H14N4O3/c1-25-11-4-2-3-10(7-11)20-16-12-5-6-19-9-14(12)13-8-15(18(23)24)21-17(13)22-16/h2-9H,1H3,(H,23,24)(H2,20,21,22). The Hall–Kier alpha value is -3.61. The molecule has 25 heavy (non-hydrogen) atoms. The molecule has 4 aromatic rings. The maximum absolute atomic E-state index is 11.2. The Balaban J connectivity index is 1.90. The van der Waals surface area contributed by atoms with Gasteiger partial charge in [0.05, 0.1) is 7.11 Å². The SMILES string of the molecule is COc1cccc(Nc2nc3[nH]c(C(=O)O)cc3c3cnccc23)c1. The first-order valence-electron chi connectivity index (χ1n) is 7.56. The van der Waals surface area contributed by atoms with E-state index in [9.17, 15) is 9.90 Å². The van der Waals surface area contributed by atoms with Gasteiger partial charge >= 0.3 is 5.97 Å². The zero-order chi connectivity index (χ0) is 17.4. The maximum atomic E-state index is 11.2. The van der Waals surface area contributed by atoms with Crippen molar-refractivity contribution >= 4 is 39.3 Å². The van der Waals surface area contributed by atoms with Crippen LogP contribution < -0.4 is 10.1 Å². The predicted octanol–water partition coefficient (Wildman–Crippen LogP) is 3.56. The van der Waals surface area contributed by atoms with Crippen molar-refractivity contribution in [2.24, 2.45) is 0 Å². The summed E-state index contributed by atoms with van der Waals surface area (Å²) in [4.78, 5) is 22.8. The minimum Gasteiger partial charge on any atom is -0.497 e. The van der Waals surface area contributed by atoms with E-state index in [4.69, 9.17) is 4.74 Å². The summed E-state index contributed by atoms with van der Waals surface area (Å²) in [5, 5.41) is 14.9. The topological polar surface area (TPSA) is 100 Å². The molecule has 0 spiro atoms. The van der Waals surface area contributed by atoms with Crippen LogP contribution in [0.1, 0.15) is 10.5 Å². The molecule has 0 atom stereocenters. The number of aromatic nitrogens is 3. The Bertz CT molecular complexity index is 1100. The average Bonchev–Trinajstić information content (AvgIpc) is 3.07. The molecule has 0 amide bonds. The van der Waals surface area contributed by atoms with Crippen LogP contribution in [0.3, 0.4) is 0 Å². The molecule has 0 saturated heterocycles. The number of benzene rings is 1. The predicted molar refractivity (Wildman–Crippen MR) is 94.6 cm³/mol. The molecular weight excluding hydrogens is 320 g/mol. The highest BCUT2D eigenvalue weighted by molar-refractivity contribution is 6.11. The minimum absolute atomic E-state index is 0.0891. The van der Waals surface area contributed by atoms with Crippen LogP contribution in [0.25, 0.3) is 21.8 Å². The molecule has 0 bridgehead atoms. The van der Waals surface area contributed by atoms with E-state index >= 15 is 0 Å². The van der Waals surface area contributed by atoms with Crippen molar-refractivity contribution in [3.8, 4) is 5.75 Å². The van der Waals surface area contributed by atoms with E-state index in [1.807, 2.05) is 30.3 Å². The quantitative estimate of drug-likeness (QED) is 0.527. The summed E-state index contributed by atoms with van der Waals surface area (Å²) in [5.74, 6) is 0.305. The highest BCUT2D eigenvalue weighted by atomic mass is 16.5. The molecule has 3 heterocycles. The molecule has 7 heteroatoms. The monoisotopic (exact) mass is 334 g/mol. The van der Waals surface area contributed by atoms with Crippen LogP contribution in [0.5, 0.6) is 5.75 Å². The van der Waals surface area contributed by atoms with Crippen molar-refractivity contribution in [1.29, 1.82) is 0 Å². The lowest BCUT2D eigenvalue weighted by atomic mass is 10.1. The van der Waals surface area contributed by atoms with Crippen molar-refractivity contribution in [2.45, 2.75) is 0 Å². The number of nitrogens with zero attached hydrogens (tertiary/aromatic N) is 2. The molecule has 0 fully saturated rings. The van der Waals surface area contributed by atoms with Gasteiger partial charge in [-0.25, -0.2) is 9.78 Å². The van der Waals surface area contributed by atoms with Gasteiger partial charge in [0.2, 0.25) is 0 Å². The summed E-state index contributed by atoms with van der Waals surface area (Å²) in [6.07, 6.45) is 3.38. The third kappa shape index (κ3) is 2.61. The van der Waals surface area contributed by atoms with Crippen LogP contribution in [0.4, 0.5) is 11.5 Å². The summed E-state index contributed by atoms with van der Waals surface area (Å²) in [7, 11) is 1.61. The van der Waals surface area contributed by atoms with Gasteiger partial charge < -0.3 is 20.1 Å². The van der Waals surface area contributed by atoms with Gasteiger partial charge in [-0.15, -0.1) is 0 Å². The molecule has 0 aliphatic carbocycles. The van der Waals surface area contributed by atoms with Crippen LogP contribution in [-0.2, 0) is 0 Å². The highest BCUT2D eigenvalue weighted by Crippen LogP contribution is 2.31. The minimum atomic E-state index is -1.03. The van der Waals surface area contributed by atoms with E-state index in [0.29, 0.717) is 11.5 Å². The number of methoxy groups -OCH3 is 1. The summed E-state index contributed by atoms with van der Waals surface area (Å²) < 4.78 is 5.24. The Morgan fingerprint density at radius 2 is 2.08 bits per heavy atom. The van der Waals surface area contributed by atoms with Crippen LogP contribution in [0.15, 0.2) is 48.8 Å². The van der Waals surface area contributed by atoms with Gasteiger partial charge in [0.15, 0.2) is 0 Å². The number of rotatable bonds is 4. The second kappa shape index (κ2) is 5.79. The summed E-state index contributed by atoms with van der Waals surface area (Å²) >= 11 is 0. The largest absolute Gasteiger partial charge is 0.497 e. The molecule has 1 aromatic carbocycles. The second-order valence-corrected chi connectivity index (χ2v) is 5.49. The number of carboxylic acid groups (broad SMARTS) is 1. The van der Waals surface area contributed by atoms with E-state index in [2.05, 4.69) is 20.3 Å². The van der Waals surface area contributed by atoms with Crippen LogP contribution in [-0.4, -0.2) is 33.1 Å². The van der Waals surface area contributed by atoms with E-state index in [1.165, 1.54) is 0 Å². The number of aromatic amines is 1. The molecule has 4 rings (SSSR count). The molecule has 0 unspecified atom stereocenters. The molecular formula is C18H14N4O3. The fourth-order valence-corrected chi connectivity index (χ4v) is 2.77. The van der Waals surface area contributed by atoms with Gasteiger partial charge in [-0.05, 0) is 24.3 Å².